The van der Waals surface area contributed by atoms with E-state index in [1.807, 2.05) is 48.8 Å². The second kappa shape index (κ2) is 9.55. The van der Waals surface area contributed by atoms with E-state index in [0.29, 0.717) is 17.0 Å². The Kier molecular flexibility index (Phi) is 6.24. The molecular weight excluding hydrogens is 523 g/mol. The lowest BCUT2D eigenvalue weighted by atomic mass is 10.1. The Hall–Kier alpha value is -4.85. The zero-order valence-corrected chi connectivity index (χ0v) is 20.2. The number of rotatable bonds is 3. The standard InChI is InChI=1S/C22H15N7OS.C2HF3O2/c1-13-3-2-4-19(26-13)29-21(14-5-6-17-18(9-14)31-12-23-17)16-7-8-28(15-10-24-25-11-15)22(30)20(16)27-29;3-2(4,5)1(6)7/h2-12H,1H3,(H,24,25);(H,6,7). The number of nitrogens with one attached hydrogen (secondary N) is 1. The van der Waals surface area contributed by atoms with Gasteiger partial charge >= 0.3 is 12.1 Å². The number of pyridine rings is 2. The molecule has 2 N–H and O–H groups in total. The highest BCUT2D eigenvalue weighted by Gasteiger charge is 2.38. The van der Waals surface area contributed by atoms with Gasteiger partial charge in [-0.15, -0.1) is 11.3 Å². The lowest BCUT2D eigenvalue weighted by molar-refractivity contribution is -0.192. The average Bonchev–Trinajstić information content (AvgIpc) is 3.63. The predicted molar refractivity (Wildman–Crippen MR) is 134 cm³/mol. The maximum Gasteiger partial charge on any atom is 0.490 e. The Morgan fingerprint density at radius 1 is 1.16 bits per heavy atom. The van der Waals surface area contributed by atoms with Gasteiger partial charge in [0.05, 0.1) is 33.3 Å². The fourth-order valence-electron chi connectivity index (χ4n) is 3.75. The Morgan fingerprint density at radius 3 is 2.63 bits per heavy atom. The van der Waals surface area contributed by atoms with Gasteiger partial charge in [0.2, 0.25) is 0 Å². The molecule has 14 heteroatoms. The monoisotopic (exact) mass is 539 g/mol. The number of H-pyrrole nitrogens is 1. The van der Waals surface area contributed by atoms with Crippen LogP contribution in [0, 0.1) is 6.92 Å². The molecule has 38 heavy (non-hydrogen) atoms. The van der Waals surface area contributed by atoms with Crippen LogP contribution in [0.25, 0.3) is 43.9 Å². The van der Waals surface area contributed by atoms with Gasteiger partial charge in [0.15, 0.2) is 11.3 Å². The number of thiazole rings is 1. The van der Waals surface area contributed by atoms with Crippen LogP contribution in [0.15, 0.2) is 71.4 Å². The van der Waals surface area contributed by atoms with E-state index in [0.717, 1.165) is 32.6 Å². The first-order valence-electron chi connectivity index (χ1n) is 10.8. The van der Waals surface area contributed by atoms with Gasteiger partial charge in [-0.2, -0.15) is 23.4 Å². The van der Waals surface area contributed by atoms with Crippen LogP contribution >= 0.6 is 11.3 Å². The molecule has 1 aromatic carbocycles. The predicted octanol–water partition coefficient (Wildman–Crippen LogP) is 4.51. The highest BCUT2D eigenvalue weighted by Crippen LogP contribution is 2.32. The van der Waals surface area contributed by atoms with E-state index in [1.54, 1.807) is 34.6 Å². The van der Waals surface area contributed by atoms with Crippen LogP contribution in [0.2, 0.25) is 0 Å². The minimum absolute atomic E-state index is 0.217. The van der Waals surface area contributed by atoms with Gasteiger partial charge in [-0.1, -0.05) is 12.1 Å². The van der Waals surface area contributed by atoms with Crippen LogP contribution in [0.4, 0.5) is 13.2 Å². The summed E-state index contributed by atoms with van der Waals surface area (Å²) in [5, 5.41) is 19.3. The molecule has 0 radical (unpaired) electrons. The third kappa shape index (κ3) is 4.64. The molecule has 192 valence electrons. The molecule has 6 rings (SSSR count). The molecule has 6 aromatic rings. The highest BCUT2D eigenvalue weighted by molar-refractivity contribution is 7.16. The summed E-state index contributed by atoms with van der Waals surface area (Å²) >= 11 is 1.58. The van der Waals surface area contributed by atoms with Gasteiger partial charge in [0.25, 0.3) is 5.56 Å². The number of nitrogens with zero attached hydrogens (tertiary/aromatic N) is 6. The van der Waals surface area contributed by atoms with Crippen molar-refractivity contribution >= 4 is 38.4 Å². The molecule has 0 aliphatic carbocycles. The van der Waals surface area contributed by atoms with E-state index in [-0.39, 0.29) is 5.56 Å². The van der Waals surface area contributed by atoms with Gasteiger partial charge in [-0.3, -0.25) is 14.5 Å². The first kappa shape index (κ1) is 24.8. The van der Waals surface area contributed by atoms with Gasteiger partial charge in [-0.05, 0) is 37.3 Å². The SMILES string of the molecule is Cc1cccc(-n2nc3c(=O)n(-c4cn[nH]c4)ccc3c2-c2ccc3ncsc3c2)n1.O=C(O)C(F)(F)F. The number of aliphatic carboxylic acids is 1. The largest absolute Gasteiger partial charge is 0.490 e. The van der Waals surface area contributed by atoms with Crippen LogP contribution in [-0.4, -0.2) is 51.8 Å². The number of fused-ring (bicyclic) bond motifs is 2. The summed E-state index contributed by atoms with van der Waals surface area (Å²) in [7, 11) is 0. The summed E-state index contributed by atoms with van der Waals surface area (Å²) in [5.74, 6) is -2.10. The molecule has 10 nitrogen and oxygen atoms in total. The van der Waals surface area contributed by atoms with E-state index < -0.39 is 12.1 Å². The van der Waals surface area contributed by atoms with Crippen molar-refractivity contribution < 1.29 is 23.1 Å². The summed E-state index contributed by atoms with van der Waals surface area (Å²) in [5.41, 5.74) is 6.22. The maximum absolute atomic E-state index is 13.3. The molecule has 0 saturated heterocycles. The van der Waals surface area contributed by atoms with Crippen LogP contribution in [-0.2, 0) is 4.79 Å². The number of benzene rings is 1. The number of aryl methyl sites for hydroxylation is 1. The van der Waals surface area contributed by atoms with Crippen molar-refractivity contribution in [2.45, 2.75) is 13.1 Å². The smallest absolute Gasteiger partial charge is 0.475 e. The fourth-order valence-corrected chi connectivity index (χ4v) is 4.46. The second-order valence-electron chi connectivity index (χ2n) is 7.95. The molecule has 0 aliphatic rings. The number of hydrogen-bond acceptors (Lipinski definition) is 7. The van der Waals surface area contributed by atoms with E-state index in [4.69, 9.17) is 15.0 Å². The molecule has 5 aromatic heterocycles. The zero-order valence-electron chi connectivity index (χ0n) is 19.3. The van der Waals surface area contributed by atoms with Crippen LogP contribution in [0.1, 0.15) is 5.69 Å². The Morgan fingerprint density at radius 2 is 1.95 bits per heavy atom. The maximum atomic E-state index is 13.3. The summed E-state index contributed by atoms with van der Waals surface area (Å²) in [6.07, 6.45) is -0.0596. The molecule has 0 amide bonds. The number of aromatic amines is 1. The number of halogens is 3. The van der Waals surface area contributed by atoms with Gasteiger partial charge < -0.3 is 5.11 Å². The van der Waals surface area contributed by atoms with Crippen molar-refractivity contribution in [2.75, 3.05) is 0 Å². The molecule has 0 bridgehead atoms. The van der Waals surface area contributed by atoms with Gasteiger partial charge in [-0.25, -0.2) is 19.4 Å². The van der Waals surface area contributed by atoms with E-state index in [2.05, 4.69) is 26.2 Å². The van der Waals surface area contributed by atoms with Crippen molar-refractivity contribution in [3.63, 3.8) is 0 Å². The molecule has 0 aliphatic heterocycles. The topological polar surface area (TPSA) is 132 Å². The summed E-state index contributed by atoms with van der Waals surface area (Å²) < 4.78 is 36.1. The molecule has 0 atom stereocenters. The highest BCUT2D eigenvalue weighted by atomic mass is 32.1. The molecule has 0 spiro atoms. The Bertz CT molecular complexity index is 1840. The van der Waals surface area contributed by atoms with Crippen molar-refractivity contribution in [3.05, 3.63) is 82.6 Å². The average molecular weight is 539 g/mol. The molecule has 5 heterocycles. The quantitative estimate of drug-likeness (QED) is 0.338. The molecule has 0 saturated carbocycles. The third-order valence-corrected chi connectivity index (χ3v) is 6.23. The minimum Gasteiger partial charge on any atom is -0.475 e. The second-order valence-corrected chi connectivity index (χ2v) is 8.83. The molecular formula is C24H16F3N7O3S. The summed E-state index contributed by atoms with van der Waals surface area (Å²) in [4.78, 5) is 31.2. The first-order valence-corrected chi connectivity index (χ1v) is 11.7. The Labute approximate surface area is 214 Å². The van der Waals surface area contributed by atoms with E-state index in [9.17, 15) is 18.0 Å². The number of alkyl halides is 3. The normalized spacial score (nSPS) is 11.5. The lowest BCUT2D eigenvalue weighted by Crippen LogP contribution is -2.21. The summed E-state index contributed by atoms with van der Waals surface area (Å²) in [6.45, 7) is 1.93. The number of aromatic nitrogens is 7. The van der Waals surface area contributed by atoms with Gasteiger partial charge in [0, 0.05) is 29.0 Å². The zero-order chi connectivity index (χ0) is 27.0. The van der Waals surface area contributed by atoms with Crippen molar-refractivity contribution in [1.82, 2.24) is 34.5 Å². The number of carbonyl (C=O) groups is 1. The van der Waals surface area contributed by atoms with Crippen LogP contribution in [0.3, 0.4) is 0 Å². The van der Waals surface area contributed by atoms with Crippen molar-refractivity contribution in [3.8, 4) is 22.8 Å². The minimum atomic E-state index is -5.08. The summed E-state index contributed by atoms with van der Waals surface area (Å²) in [6, 6.07) is 13.7. The number of carboxylic acids is 1. The number of carboxylic acid groups (broad SMARTS) is 1. The molecule has 0 unspecified atom stereocenters. The van der Waals surface area contributed by atoms with Crippen molar-refractivity contribution in [1.29, 1.82) is 0 Å². The van der Waals surface area contributed by atoms with Crippen LogP contribution in [0.5, 0.6) is 0 Å². The molecule has 0 fully saturated rings. The first-order chi connectivity index (χ1) is 18.1. The van der Waals surface area contributed by atoms with E-state index >= 15 is 0 Å². The van der Waals surface area contributed by atoms with E-state index in [1.165, 1.54) is 4.57 Å². The van der Waals surface area contributed by atoms with Crippen molar-refractivity contribution in [2.24, 2.45) is 0 Å². The Balaban J connectivity index is 0.000000374. The van der Waals surface area contributed by atoms with Gasteiger partial charge in [0.1, 0.15) is 0 Å². The number of hydrogen-bond donors (Lipinski definition) is 2. The third-order valence-electron chi connectivity index (χ3n) is 5.43. The lowest BCUT2D eigenvalue weighted by Gasteiger charge is -2.08. The fraction of sp³-hybridized carbons (Fsp3) is 0.0833. The van der Waals surface area contributed by atoms with Crippen LogP contribution < -0.4 is 5.56 Å².